The Kier molecular flexibility index (Phi) is 61.4. The molecule has 0 aliphatic carbocycles. The third-order valence-corrected chi connectivity index (χ3v) is 13.0. The van der Waals surface area contributed by atoms with Crippen LogP contribution < -0.4 is 0 Å². The summed E-state index contributed by atoms with van der Waals surface area (Å²) in [6.07, 6.45) is 95.9. The minimum Gasteiger partial charge on any atom is -0.462 e. The monoisotopic (exact) mass is 1090 g/mol. The van der Waals surface area contributed by atoms with Gasteiger partial charge in [-0.1, -0.05) is 281 Å². The molecule has 0 aliphatic rings. The average molecular weight is 1090 g/mol. The summed E-state index contributed by atoms with van der Waals surface area (Å²) >= 11 is 0. The number of ether oxygens (including phenoxy) is 3. The Bertz CT molecular complexity index is 1780. The lowest BCUT2D eigenvalue weighted by atomic mass is 10.0. The highest BCUT2D eigenvalue weighted by atomic mass is 16.6. The first-order chi connectivity index (χ1) is 39.0. The zero-order valence-electron chi connectivity index (χ0n) is 50.8. The summed E-state index contributed by atoms with van der Waals surface area (Å²) in [5.41, 5.74) is 0. The molecule has 0 saturated carbocycles. The minimum absolute atomic E-state index is 0.0853. The summed E-state index contributed by atoms with van der Waals surface area (Å²) in [6.45, 7) is 6.18. The molecular formula is C73H116O6. The van der Waals surface area contributed by atoms with E-state index in [0.717, 1.165) is 122 Å². The molecule has 79 heavy (non-hydrogen) atoms. The van der Waals surface area contributed by atoms with Gasteiger partial charge >= 0.3 is 17.9 Å². The molecule has 0 aromatic carbocycles. The smallest absolute Gasteiger partial charge is 0.310 e. The Morgan fingerprint density at radius 2 is 0.494 bits per heavy atom. The highest BCUT2D eigenvalue weighted by molar-refractivity contribution is 5.72. The van der Waals surface area contributed by atoms with Crippen LogP contribution in [-0.4, -0.2) is 37.2 Å². The highest BCUT2D eigenvalue weighted by Crippen LogP contribution is 2.16. The van der Waals surface area contributed by atoms with Gasteiger partial charge in [-0.15, -0.1) is 0 Å². The molecule has 0 radical (unpaired) electrons. The van der Waals surface area contributed by atoms with Gasteiger partial charge in [-0.2, -0.15) is 0 Å². The number of hydrogen-bond acceptors (Lipinski definition) is 6. The Labute approximate surface area is 486 Å². The Morgan fingerprint density at radius 3 is 0.785 bits per heavy atom. The first-order valence-corrected chi connectivity index (χ1v) is 32.0. The van der Waals surface area contributed by atoms with Crippen LogP contribution in [0.1, 0.15) is 265 Å². The van der Waals surface area contributed by atoms with E-state index >= 15 is 0 Å². The largest absolute Gasteiger partial charge is 0.462 e. The van der Waals surface area contributed by atoms with E-state index in [1.54, 1.807) is 6.08 Å². The number of esters is 3. The van der Waals surface area contributed by atoms with Crippen molar-refractivity contribution in [2.45, 2.75) is 271 Å². The second-order valence-electron chi connectivity index (χ2n) is 20.5. The zero-order valence-corrected chi connectivity index (χ0v) is 50.8. The van der Waals surface area contributed by atoms with E-state index in [0.29, 0.717) is 19.3 Å². The maximum atomic E-state index is 12.8. The van der Waals surface area contributed by atoms with Gasteiger partial charge in [-0.25, -0.2) is 0 Å². The third kappa shape index (κ3) is 63.7. The van der Waals surface area contributed by atoms with Gasteiger partial charge in [0, 0.05) is 12.8 Å². The van der Waals surface area contributed by atoms with Crippen LogP contribution in [0.15, 0.2) is 158 Å². The summed E-state index contributed by atoms with van der Waals surface area (Å²) in [5, 5.41) is 0. The van der Waals surface area contributed by atoms with Crippen LogP contribution in [-0.2, 0) is 28.6 Å². The molecule has 444 valence electrons. The number of hydrogen-bond donors (Lipinski definition) is 0. The van der Waals surface area contributed by atoms with Crippen molar-refractivity contribution in [3.63, 3.8) is 0 Å². The number of allylic oxidation sites excluding steroid dienone is 25. The summed E-state index contributed by atoms with van der Waals surface area (Å²) < 4.78 is 16.7. The molecule has 1 unspecified atom stereocenters. The molecule has 0 aromatic heterocycles. The molecular weight excluding hydrogens is 973 g/mol. The number of rotatable bonds is 56. The number of carbonyl (C=O) groups excluding carboxylic acids is 3. The van der Waals surface area contributed by atoms with Crippen molar-refractivity contribution < 1.29 is 28.6 Å². The molecule has 0 aliphatic heterocycles. The minimum atomic E-state index is -0.850. The van der Waals surface area contributed by atoms with E-state index in [4.69, 9.17) is 14.2 Å². The van der Waals surface area contributed by atoms with E-state index in [1.807, 2.05) is 6.08 Å². The lowest BCUT2D eigenvalue weighted by molar-refractivity contribution is -0.166. The average Bonchev–Trinajstić information content (AvgIpc) is 3.45. The standard InChI is InChI=1S/C73H116O6/c1-4-7-10-13-16-19-22-25-27-28-29-30-31-32-33-34-35-36-37-38-39-40-41-42-43-44-46-48-51-54-57-60-63-66-72(75)78-69-70(68-77-71(74)65-62-59-56-53-50-47-24-21-18-15-12-9-6-3)79-73(76)67-64-61-58-55-52-49-45-26-23-20-17-14-11-8-5-2/h7-12,16-21,25-27,29-30,32-33,45,47,50,52,55,61,64,70H,4-6,13-15,22-24,28,31,34-44,46,48-49,51,53-54,56-60,62-63,65-69H2,1-3H3/b10-7-,11-8-,12-9-,19-16-,20-17-,21-18-,27-25-,30-29-,33-32-,45-26-,50-47-,55-52-,64-61-. The van der Waals surface area contributed by atoms with Crippen LogP contribution in [0.3, 0.4) is 0 Å². The summed E-state index contributed by atoms with van der Waals surface area (Å²) in [7, 11) is 0. The molecule has 0 aromatic rings. The van der Waals surface area contributed by atoms with Crippen molar-refractivity contribution >= 4 is 17.9 Å². The zero-order chi connectivity index (χ0) is 57.1. The van der Waals surface area contributed by atoms with Gasteiger partial charge in [0.1, 0.15) is 13.2 Å². The van der Waals surface area contributed by atoms with E-state index in [2.05, 4.69) is 167 Å². The molecule has 0 saturated heterocycles. The Hall–Kier alpha value is -4.97. The van der Waals surface area contributed by atoms with Gasteiger partial charge in [-0.3, -0.25) is 14.4 Å². The third-order valence-electron chi connectivity index (χ3n) is 13.0. The SMILES string of the molecule is CC/C=C\C/C=C\C/C=C\C/C=C\C/C=C\CCCCCCCCCCCCCCCCCCCC(=O)OCC(COC(=O)CCCCC/C=C\C/C=C\C/C=C\CC)OC(=O)C/C=C\C/C=C\C/C=C\C/C=C\C/C=C\CC. The van der Waals surface area contributed by atoms with Gasteiger partial charge in [0.2, 0.25) is 0 Å². The predicted molar refractivity (Wildman–Crippen MR) is 343 cm³/mol. The maximum absolute atomic E-state index is 12.8. The normalized spacial score (nSPS) is 13.2. The van der Waals surface area contributed by atoms with E-state index in [1.165, 1.54) is 96.3 Å². The first kappa shape index (κ1) is 74.0. The van der Waals surface area contributed by atoms with Gasteiger partial charge in [-0.05, 0) is 122 Å². The molecule has 0 bridgehead atoms. The van der Waals surface area contributed by atoms with Crippen molar-refractivity contribution in [1.82, 2.24) is 0 Å². The van der Waals surface area contributed by atoms with Crippen LogP contribution in [0.25, 0.3) is 0 Å². The van der Waals surface area contributed by atoms with E-state index in [9.17, 15) is 14.4 Å². The predicted octanol–water partition coefficient (Wildman–Crippen LogP) is 22.1. The quantitative estimate of drug-likeness (QED) is 0.0261. The molecule has 0 fully saturated rings. The highest BCUT2D eigenvalue weighted by Gasteiger charge is 2.19. The molecule has 0 spiro atoms. The van der Waals surface area contributed by atoms with Crippen molar-refractivity contribution in [1.29, 1.82) is 0 Å². The topological polar surface area (TPSA) is 78.9 Å². The lowest BCUT2D eigenvalue weighted by Gasteiger charge is -2.18. The lowest BCUT2D eigenvalue weighted by Crippen LogP contribution is -2.30. The van der Waals surface area contributed by atoms with Crippen LogP contribution in [0.2, 0.25) is 0 Å². The van der Waals surface area contributed by atoms with Gasteiger partial charge in [0.05, 0.1) is 6.42 Å². The maximum Gasteiger partial charge on any atom is 0.310 e. The van der Waals surface area contributed by atoms with Gasteiger partial charge in [0.15, 0.2) is 6.10 Å². The summed E-state index contributed by atoms with van der Waals surface area (Å²) in [5.74, 6) is -1.09. The van der Waals surface area contributed by atoms with Gasteiger partial charge < -0.3 is 14.2 Å². The Balaban J connectivity index is 4.25. The Morgan fingerprint density at radius 1 is 0.266 bits per heavy atom. The second-order valence-corrected chi connectivity index (χ2v) is 20.5. The molecule has 0 amide bonds. The van der Waals surface area contributed by atoms with Crippen LogP contribution in [0.4, 0.5) is 0 Å². The van der Waals surface area contributed by atoms with E-state index in [-0.39, 0.29) is 31.6 Å². The number of unbranched alkanes of at least 4 members (excludes halogenated alkanes) is 20. The van der Waals surface area contributed by atoms with Crippen molar-refractivity contribution in [3.8, 4) is 0 Å². The summed E-state index contributed by atoms with van der Waals surface area (Å²) in [4.78, 5) is 38.1. The molecule has 6 heteroatoms. The molecule has 0 heterocycles. The fourth-order valence-electron chi connectivity index (χ4n) is 8.38. The number of carbonyl (C=O) groups is 3. The molecule has 6 nitrogen and oxygen atoms in total. The van der Waals surface area contributed by atoms with Crippen molar-refractivity contribution in [3.05, 3.63) is 158 Å². The first-order valence-electron chi connectivity index (χ1n) is 32.0. The van der Waals surface area contributed by atoms with Crippen LogP contribution >= 0.6 is 0 Å². The van der Waals surface area contributed by atoms with Crippen LogP contribution in [0, 0.1) is 0 Å². The van der Waals surface area contributed by atoms with E-state index < -0.39 is 12.1 Å². The molecule has 0 N–H and O–H groups in total. The van der Waals surface area contributed by atoms with Crippen molar-refractivity contribution in [2.75, 3.05) is 13.2 Å². The second kappa shape index (κ2) is 65.5. The van der Waals surface area contributed by atoms with Gasteiger partial charge in [0.25, 0.3) is 0 Å². The fraction of sp³-hybridized carbons (Fsp3) is 0.603. The molecule has 0 rings (SSSR count). The fourth-order valence-corrected chi connectivity index (χ4v) is 8.38. The van der Waals surface area contributed by atoms with Crippen molar-refractivity contribution in [2.24, 2.45) is 0 Å². The molecule has 1 atom stereocenters. The van der Waals surface area contributed by atoms with Crippen LogP contribution in [0.5, 0.6) is 0 Å². The summed E-state index contributed by atoms with van der Waals surface area (Å²) in [6, 6.07) is 0.